The van der Waals surface area contributed by atoms with Gasteiger partial charge in [-0.2, -0.15) is 17.6 Å². The largest absolute Gasteiger partial charge is 0.445 e. The molecule has 2 saturated heterocycles. The molecule has 0 bridgehead atoms. The Morgan fingerprint density at radius 3 is 2.00 bits per heavy atom. The van der Waals surface area contributed by atoms with Crippen molar-refractivity contribution >= 4 is 48.4 Å². The highest BCUT2D eigenvalue weighted by molar-refractivity contribution is 7.81. The average molecular weight is 615 g/mol. The first kappa shape index (κ1) is 31.2. The molecule has 0 spiro atoms. The first-order chi connectivity index (χ1) is 20.5. The van der Waals surface area contributed by atoms with Crippen LogP contribution in [0.15, 0.2) is 53.5 Å². The van der Waals surface area contributed by atoms with Gasteiger partial charge in [0.2, 0.25) is 5.91 Å². The third-order valence-corrected chi connectivity index (χ3v) is 7.46. The van der Waals surface area contributed by atoms with Crippen LogP contribution in [-0.2, 0) is 27.5 Å². The van der Waals surface area contributed by atoms with Crippen molar-refractivity contribution in [2.75, 3.05) is 26.2 Å². The maximum absolute atomic E-state index is 13.5. The van der Waals surface area contributed by atoms with Crippen LogP contribution in [0.2, 0.25) is 0 Å². The van der Waals surface area contributed by atoms with E-state index >= 15 is 0 Å². The summed E-state index contributed by atoms with van der Waals surface area (Å²) >= 11 is 4.49. The van der Waals surface area contributed by atoms with Gasteiger partial charge in [-0.3, -0.25) is 29.9 Å². The zero-order valence-corrected chi connectivity index (χ0v) is 24.1. The van der Waals surface area contributed by atoms with Gasteiger partial charge in [0, 0.05) is 61.7 Å². The van der Waals surface area contributed by atoms with Crippen LogP contribution in [0.25, 0.3) is 0 Å². The van der Waals surface area contributed by atoms with Crippen molar-refractivity contribution < 1.29 is 33.7 Å². The summed E-state index contributed by atoms with van der Waals surface area (Å²) in [6.45, 7) is 3.03. The zero-order chi connectivity index (χ0) is 31.1. The monoisotopic (exact) mass is 614 g/mol. The number of hydrogen-bond acceptors (Lipinski definition) is 10. The first-order valence-electron chi connectivity index (χ1n) is 13.4. The van der Waals surface area contributed by atoms with Gasteiger partial charge in [0.15, 0.2) is 0 Å². The Kier molecular flexibility index (Phi) is 10.1. The molecule has 0 radical (unpaired) electrons. The van der Waals surface area contributed by atoms with E-state index < -0.39 is 28.1 Å². The Labute approximate surface area is 251 Å². The number of nitro groups is 2. The predicted molar refractivity (Wildman–Crippen MR) is 156 cm³/mol. The van der Waals surface area contributed by atoms with Crippen LogP contribution in [0.5, 0.6) is 0 Å². The molecular formula is C27H30N6O9S. The highest BCUT2D eigenvalue weighted by Crippen LogP contribution is 2.26. The summed E-state index contributed by atoms with van der Waals surface area (Å²) in [7, 11) is 0. The van der Waals surface area contributed by atoms with E-state index in [1.54, 1.807) is 9.80 Å². The number of benzene rings is 2. The van der Waals surface area contributed by atoms with E-state index in [1.807, 2.05) is 6.92 Å². The minimum Gasteiger partial charge on any atom is -0.445 e. The van der Waals surface area contributed by atoms with Gasteiger partial charge in [-0.05, 0) is 48.7 Å². The van der Waals surface area contributed by atoms with Crippen LogP contribution < -0.4 is 0 Å². The number of piperazine rings is 1. The van der Waals surface area contributed by atoms with E-state index in [0.29, 0.717) is 37.2 Å². The number of likely N-dealkylation sites (tertiary alicyclic amines) is 1. The molecule has 2 heterocycles. The molecule has 0 unspecified atom stereocenters. The summed E-state index contributed by atoms with van der Waals surface area (Å²) in [6, 6.07) is 10.3. The Morgan fingerprint density at radius 2 is 1.47 bits per heavy atom. The molecule has 3 atom stereocenters. The maximum Gasteiger partial charge on any atom is 0.435 e. The second kappa shape index (κ2) is 14.0. The van der Waals surface area contributed by atoms with Crippen LogP contribution >= 0.6 is 12.6 Å². The number of non-ortho nitro benzene ring substituents is 2. The Bertz CT molecular complexity index is 1390. The summed E-state index contributed by atoms with van der Waals surface area (Å²) in [5.41, 5.74) is 1.02. The molecule has 2 aromatic carbocycles. The van der Waals surface area contributed by atoms with Crippen LogP contribution in [0, 0.1) is 20.2 Å². The van der Waals surface area contributed by atoms with Crippen LogP contribution in [0.3, 0.4) is 0 Å². The number of carbonyl (C=O) groups excluding carboxylic acids is 3. The molecule has 2 aliphatic rings. The molecule has 2 aliphatic heterocycles. The van der Waals surface area contributed by atoms with E-state index in [9.17, 15) is 34.6 Å². The number of aliphatic imine (C=N–C) groups is 1. The van der Waals surface area contributed by atoms with Gasteiger partial charge in [-0.1, -0.05) is 0 Å². The van der Waals surface area contributed by atoms with Gasteiger partial charge in [-0.25, -0.2) is 9.59 Å². The summed E-state index contributed by atoms with van der Waals surface area (Å²) in [4.78, 5) is 67.7. The maximum atomic E-state index is 13.5. The Balaban J connectivity index is 1.26. The van der Waals surface area contributed by atoms with Crippen molar-refractivity contribution in [2.24, 2.45) is 4.99 Å². The van der Waals surface area contributed by atoms with Crippen molar-refractivity contribution in [3.63, 3.8) is 0 Å². The molecule has 15 nitrogen and oxygen atoms in total. The normalized spacial score (nSPS) is 20.2. The summed E-state index contributed by atoms with van der Waals surface area (Å²) in [5, 5.41) is 21.4. The van der Waals surface area contributed by atoms with Crippen molar-refractivity contribution in [1.82, 2.24) is 14.7 Å². The molecule has 43 heavy (non-hydrogen) atoms. The number of carbonyl (C=O) groups is 3. The number of ether oxygens (including phenoxy) is 2. The van der Waals surface area contributed by atoms with E-state index in [-0.39, 0.29) is 48.3 Å². The number of hydrogen-bond donors (Lipinski definition) is 1. The number of nitrogens with zero attached hydrogens (tertiary/aromatic N) is 6. The van der Waals surface area contributed by atoms with Crippen LogP contribution in [-0.4, -0.2) is 92.5 Å². The highest BCUT2D eigenvalue weighted by atomic mass is 32.1. The zero-order valence-electron chi connectivity index (χ0n) is 23.2. The second-order valence-corrected chi connectivity index (χ2v) is 10.9. The molecule has 0 aliphatic carbocycles. The fraction of sp³-hybridized carbons (Fsp3) is 0.407. The average Bonchev–Trinajstić information content (AvgIpc) is 3.39. The predicted octanol–water partition coefficient (Wildman–Crippen LogP) is 3.41. The number of rotatable bonds is 8. The van der Waals surface area contributed by atoms with Crippen LogP contribution in [0.1, 0.15) is 24.5 Å². The van der Waals surface area contributed by atoms with Crippen molar-refractivity contribution in [3.05, 3.63) is 79.9 Å². The second-order valence-electron chi connectivity index (χ2n) is 10.1. The van der Waals surface area contributed by atoms with Gasteiger partial charge in [0.1, 0.15) is 19.3 Å². The lowest BCUT2D eigenvalue weighted by atomic mass is 10.1. The van der Waals surface area contributed by atoms with Gasteiger partial charge < -0.3 is 19.3 Å². The number of amides is 3. The quantitative estimate of drug-likeness (QED) is 0.152. The molecule has 0 N–H and O–H groups in total. The highest BCUT2D eigenvalue weighted by Gasteiger charge is 2.42. The third-order valence-electron chi connectivity index (χ3n) is 7.09. The Hall–Kier alpha value is -4.73. The Morgan fingerprint density at radius 1 is 0.907 bits per heavy atom. The number of nitro benzene ring substituents is 2. The van der Waals surface area contributed by atoms with Crippen LogP contribution in [0.4, 0.5) is 21.0 Å². The van der Waals surface area contributed by atoms with E-state index in [0.717, 1.165) is 0 Å². The van der Waals surface area contributed by atoms with Crippen molar-refractivity contribution in [2.45, 2.75) is 43.9 Å². The third kappa shape index (κ3) is 8.18. The molecule has 2 aromatic rings. The molecule has 3 amide bonds. The molecule has 0 aromatic heterocycles. The summed E-state index contributed by atoms with van der Waals surface area (Å²) in [6.07, 6.45) is 0.235. The van der Waals surface area contributed by atoms with Gasteiger partial charge in [0.05, 0.1) is 16.2 Å². The van der Waals surface area contributed by atoms with Gasteiger partial charge in [-0.15, -0.1) is 0 Å². The smallest absolute Gasteiger partial charge is 0.435 e. The lowest BCUT2D eigenvalue weighted by molar-refractivity contribution is -0.385. The topological polar surface area (TPSA) is 178 Å². The van der Waals surface area contributed by atoms with E-state index in [4.69, 9.17) is 9.47 Å². The minimum absolute atomic E-state index is 0.0643. The van der Waals surface area contributed by atoms with Gasteiger partial charge >= 0.3 is 12.2 Å². The fourth-order valence-corrected chi connectivity index (χ4v) is 5.20. The molecule has 0 saturated carbocycles. The van der Waals surface area contributed by atoms with Crippen molar-refractivity contribution in [3.8, 4) is 0 Å². The summed E-state index contributed by atoms with van der Waals surface area (Å²) < 4.78 is 10.5. The SMILES string of the molecule is C[C@H]1CN(C=NC(=O)OCc2ccc([N+](=O)[O-])cc2)CCN1C(=O)[C@@H]1C[C@H](S)CN1C(=O)OCc1ccc([N+](=O)[O-])cc1. The lowest BCUT2D eigenvalue weighted by Gasteiger charge is -2.41. The van der Waals surface area contributed by atoms with E-state index in [1.165, 1.54) is 59.8 Å². The number of thiol groups is 1. The summed E-state index contributed by atoms with van der Waals surface area (Å²) in [5.74, 6) is -0.226. The molecule has 4 rings (SSSR count). The standard InChI is InChI=1S/C27H30N6O9S/c1-18-13-29(17-28-26(35)41-15-19-2-6-21(7-3-19)32(37)38)10-11-30(18)25(34)24-12-23(43)14-31(24)27(36)42-16-20-4-8-22(9-5-20)33(39)40/h2-9,17-18,23-24,43H,10-16H2,1H3/t18-,23-,24-/m0/s1. The molecule has 2 fully saturated rings. The molecular weight excluding hydrogens is 584 g/mol. The molecule has 16 heteroatoms. The van der Waals surface area contributed by atoms with E-state index in [2.05, 4.69) is 17.6 Å². The molecule has 228 valence electrons. The lowest BCUT2D eigenvalue weighted by Crippen LogP contribution is -2.58. The fourth-order valence-electron chi connectivity index (χ4n) is 4.83. The minimum atomic E-state index is -0.821. The first-order valence-corrected chi connectivity index (χ1v) is 13.9. The van der Waals surface area contributed by atoms with Gasteiger partial charge in [0.25, 0.3) is 11.4 Å². The van der Waals surface area contributed by atoms with Crippen molar-refractivity contribution in [1.29, 1.82) is 0 Å².